The highest BCUT2D eigenvalue weighted by atomic mass is 16.5. The summed E-state index contributed by atoms with van der Waals surface area (Å²) < 4.78 is 5.39. The van der Waals surface area contributed by atoms with Crippen LogP contribution in [0.2, 0.25) is 0 Å². The number of carbonyl (C=O) groups is 1. The fourth-order valence-electron chi connectivity index (χ4n) is 1.50. The highest BCUT2D eigenvalue weighted by Gasteiger charge is 2.29. The third-order valence-electron chi connectivity index (χ3n) is 2.11. The number of rotatable bonds is 1. The molecule has 2 aliphatic rings. The SMILES string of the molecule is NC(=O)C1=CC=CC2N=CCOC12. The summed E-state index contributed by atoms with van der Waals surface area (Å²) in [5.41, 5.74) is 5.71. The maximum Gasteiger partial charge on any atom is 0.247 e. The maximum absolute atomic E-state index is 11.0. The van der Waals surface area contributed by atoms with Crippen molar-refractivity contribution >= 4 is 12.1 Å². The highest BCUT2D eigenvalue weighted by Crippen LogP contribution is 2.21. The highest BCUT2D eigenvalue weighted by molar-refractivity contribution is 5.94. The number of nitrogens with two attached hydrogens (primary N) is 1. The first-order chi connectivity index (χ1) is 6.29. The molecule has 1 heterocycles. The van der Waals surface area contributed by atoms with E-state index in [1.165, 1.54) is 0 Å². The summed E-state index contributed by atoms with van der Waals surface area (Å²) in [6.07, 6.45) is 6.78. The van der Waals surface area contributed by atoms with E-state index in [1.807, 2.05) is 6.08 Å². The summed E-state index contributed by atoms with van der Waals surface area (Å²) in [6.45, 7) is 0.444. The van der Waals surface area contributed by atoms with Crippen LogP contribution in [0, 0.1) is 0 Å². The van der Waals surface area contributed by atoms with Crippen LogP contribution in [0.1, 0.15) is 0 Å². The Labute approximate surface area is 75.8 Å². The van der Waals surface area contributed by atoms with Crippen molar-refractivity contribution < 1.29 is 9.53 Å². The smallest absolute Gasteiger partial charge is 0.247 e. The molecule has 2 unspecified atom stereocenters. The molecule has 68 valence electrons. The minimum Gasteiger partial charge on any atom is -0.366 e. The quantitative estimate of drug-likeness (QED) is 0.604. The van der Waals surface area contributed by atoms with Crippen LogP contribution in [0.4, 0.5) is 0 Å². The monoisotopic (exact) mass is 178 g/mol. The number of allylic oxidation sites excluding steroid dienone is 2. The van der Waals surface area contributed by atoms with Gasteiger partial charge in [0.05, 0.1) is 12.6 Å². The van der Waals surface area contributed by atoms with E-state index in [0.29, 0.717) is 12.2 Å². The van der Waals surface area contributed by atoms with Crippen molar-refractivity contribution in [2.75, 3.05) is 6.61 Å². The predicted molar refractivity (Wildman–Crippen MR) is 48.4 cm³/mol. The molecule has 0 aromatic rings. The van der Waals surface area contributed by atoms with E-state index >= 15 is 0 Å². The zero-order chi connectivity index (χ0) is 9.26. The van der Waals surface area contributed by atoms with Gasteiger partial charge in [0, 0.05) is 11.8 Å². The third kappa shape index (κ3) is 1.40. The number of nitrogens with zero attached hydrogens (tertiary/aromatic N) is 1. The second kappa shape index (κ2) is 3.14. The summed E-state index contributed by atoms with van der Waals surface area (Å²) in [5, 5.41) is 0. The molecule has 0 aromatic carbocycles. The maximum atomic E-state index is 11.0. The van der Waals surface area contributed by atoms with Gasteiger partial charge in [0.25, 0.3) is 0 Å². The van der Waals surface area contributed by atoms with E-state index in [9.17, 15) is 4.79 Å². The van der Waals surface area contributed by atoms with Crippen LogP contribution in [0.3, 0.4) is 0 Å². The Hall–Kier alpha value is -1.42. The minimum absolute atomic E-state index is 0.0822. The van der Waals surface area contributed by atoms with E-state index in [1.54, 1.807) is 18.4 Å². The molecule has 0 spiro atoms. The van der Waals surface area contributed by atoms with Gasteiger partial charge in [-0.3, -0.25) is 9.79 Å². The van der Waals surface area contributed by atoms with E-state index < -0.39 is 5.91 Å². The van der Waals surface area contributed by atoms with Gasteiger partial charge in [0.1, 0.15) is 6.10 Å². The van der Waals surface area contributed by atoms with Crippen LogP contribution in [0.25, 0.3) is 0 Å². The third-order valence-corrected chi connectivity index (χ3v) is 2.11. The predicted octanol–water partition coefficient (Wildman–Crippen LogP) is -0.194. The first-order valence-corrected chi connectivity index (χ1v) is 4.10. The molecule has 0 radical (unpaired) electrons. The molecule has 4 nitrogen and oxygen atoms in total. The summed E-state index contributed by atoms with van der Waals surface area (Å²) in [7, 11) is 0. The normalized spacial score (nSPS) is 30.9. The molecule has 2 N–H and O–H groups in total. The summed E-state index contributed by atoms with van der Waals surface area (Å²) in [6, 6.07) is -0.0822. The molecule has 0 saturated heterocycles. The number of primary amides is 1. The van der Waals surface area contributed by atoms with Crippen molar-refractivity contribution in [2.24, 2.45) is 10.7 Å². The summed E-state index contributed by atoms with van der Waals surface area (Å²) in [5.74, 6) is -0.434. The van der Waals surface area contributed by atoms with Gasteiger partial charge in [-0.05, 0) is 0 Å². The van der Waals surface area contributed by atoms with Crippen molar-refractivity contribution in [3.8, 4) is 0 Å². The van der Waals surface area contributed by atoms with Crippen molar-refractivity contribution in [2.45, 2.75) is 12.1 Å². The van der Waals surface area contributed by atoms with Gasteiger partial charge >= 0.3 is 0 Å². The standard InChI is InChI=1S/C9H10N2O2/c10-9(12)6-2-1-3-7-8(6)13-5-4-11-7/h1-4,7-8H,5H2,(H2,10,12). The van der Waals surface area contributed by atoms with Gasteiger partial charge in [-0.2, -0.15) is 0 Å². The Morgan fingerprint density at radius 2 is 2.54 bits per heavy atom. The Morgan fingerprint density at radius 3 is 3.31 bits per heavy atom. The van der Waals surface area contributed by atoms with E-state index in [4.69, 9.17) is 10.5 Å². The van der Waals surface area contributed by atoms with Crippen molar-refractivity contribution in [3.63, 3.8) is 0 Å². The first-order valence-electron chi connectivity index (χ1n) is 4.10. The number of fused-ring (bicyclic) bond motifs is 1. The molecule has 1 aliphatic heterocycles. The average molecular weight is 178 g/mol. The van der Waals surface area contributed by atoms with Gasteiger partial charge in [-0.25, -0.2) is 0 Å². The van der Waals surface area contributed by atoms with Crippen molar-refractivity contribution in [3.05, 3.63) is 23.8 Å². The topological polar surface area (TPSA) is 64.7 Å². The lowest BCUT2D eigenvalue weighted by Gasteiger charge is -2.27. The Kier molecular flexibility index (Phi) is 1.98. The lowest BCUT2D eigenvalue weighted by Crippen LogP contribution is -2.38. The molecule has 4 heteroatoms. The largest absolute Gasteiger partial charge is 0.366 e. The van der Waals surface area contributed by atoms with Crippen molar-refractivity contribution in [1.29, 1.82) is 0 Å². The second-order valence-corrected chi connectivity index (χ2v) is 2.95. The van der Waals surface area contributed by atoms with E-state index in [-0.39, 0.29) is 12.1 Å². The lowest BCUT2D eigenvalue weighted by atomic mass is 9.96. The average Bonchev–Trinajstić information content (AvgIpc) is 2.17. The molecular formula is C9H10N2O2. The van der Waals surface area contributed by atoms with Gasteiger partial charge in [-0.1, -0.05) is 18.2 Å². The van der Waals surface area contributed by atoms with E-state index in [0.717, 1.165) is 0 Å². The zero-order valence-corrected chi connectivity index (χ0v) is 7.01. The minimum atomic E-state index is -0.434. The van der Waals surface area contributed by atoms with Crippen LogP contribution in [-0.2, 0) is 9.53 Å². The van der Waals surface area contributed by atoms with Crippen LogP contribution in [0.15, 0.2) is 28.8 Å². The molecule has 0 saturated carbocycles. The molecule has 0 aromatic heterocycles. The summed E-state index contributed by atoms with van der Waals surface area (Å²) in [4.78, 5) is 15.2. The molecular weight excluding hydrogens is 168 g/mol. The molecule has 0 bridgehead atoms. The van der Waals surface area contributed by atoms with Crippen LogP contribution in [-0.4, -0.2) is 30.9 Å². The number of hydrogen-bond acceptors (Lipinski definition) is 3. The second-order valence-electron chi connectivity index (χ2n) is 2.95. The van der Waals surface area contributed by atoms with Gasteiger partial charge in [0.15, 0.2) is 0 Å². The number of carbonyl (C=O) groups excluding carboxylic acids is 1. The first kappa shape index (κ1) is 8.19. The summed E-state index contributed by atoms with van der Waals surface area (Å²) >= 11 is 0. The van der Waals surface area contributed by atoms with Crippen LogP contribution in [0.5, 0.6) is 0 Å². The van der Waals surface area contributed by atoms with Crippen molar-refractivity contribution in [1.82, 2.24) is 0 Å². The van der Waals surface area contributed by atoms with Gasteiger partial charge < -0.3 is 10.5 Å². The molecule has 2 atom stereocenters. The van der Waals surface area contributed by atoms with Gasteiger partial charge in [0.2, 0.25) is 5.91 Å². The van der Waals surface area contributed by atoms with Crippen LogP contribution < -0.4 is 5.73 Å². The fourth-order valence-corrected chi connectivity index (χ4v) is 1.50. The molecule has 2 rings (SSSR count). The number of aliphatic imine (C=N–C) groups is 1. The van der Waals surface area contributed by atoms with Gasteiger partial charge in [-0.15, -0.1) is 0 Å². The molecule has 0 fully saturated rings. The lowest BCUT2D eigenvalue weighted by molar-refractivity contribution is -0.116. The number of amides is 1. The zero-order valence-electron chi connectivity index (χ0n) is 7.01. The Morgan fingerprint density at radius 1 is 1.69 bits per heavy atom. The van der Waals surface area contributed by atoms with E-state index in [2.05, 4.69) is 4.99 Å². The molecule has 1 aliphatic carbocycles. The van der Waals surface area contributed by atoms with Crippen LogP contribution >= 0.6 is 0 Å². The molecule has 13 heavy (non-hydrogen) atoms. The number of hydrogen-bond donors (Lipinski definition) is 1. The fraction of sp³-hybridized carbons (Fsp3) is 0.333. The number of ether oxygens (including phenoxy) is 1. The Bertz CT molecular complexity index is 318. The molecule has 1 amide bonds. The Balaban J connectivity index is 2.30.